The largest absolute Gasteiger partial charge is 0.455 e. The van der Waals surface area contributed by atoms with Crippen LogP contribution < -0.4 is 0 Å². The van der Waals surface area contributed by atoms with E-state index in [1.807, 2.05) is 18.4 Å². The van der Waals surface area contributed by atoms with E-state index >= 15 is 0 Å². The van der Waals surface area contributed by atoms with E-state index in [1.54, 1.807) is 23.9 Å². The van der Waals surface area contributed by atoms with Crippen LogP contribution in [-0.2, 0) is 0 Å². The van der Waals surface area contributed by atoms with E-state index in [0.29, 0.717) is 0 Å². The van der Waals surface area contributed by atoms with Gasteiger partial charge in [-0.3, -0.25) is 0 Å². The summed E-state index contributed by atoms with van der Waals surface area (Å²) in [5, 5.41) is 1.11. The van der Waals surface area contributed by atoms with Crippen molar-refractivity contribution in [2.45, 2.75) is 4.90 Å². The molecule has 19 heavy (non-hydrogen) atoms. The van der Waals surface area contributed by atoms with E-state index in [2.05, 4.69) is 28.7 Å². The van der Waals surface area contributed by atoms with Gasteiger partial charge in [-0.05, 0) is 71.3 Å². The Labute approximate surface area is 128 Å². The Morgan fingerprint density at radius 1 is 1.11 bits per heavy atom. The molecule has 0 aliphatic heterocycles. The maximum absolute atomic E-state index is 13.0. The van der Waals surface area contributed by atoms with Crippen LogP contribution >= 0.6 is 34.4 Å². The molecule has 0 saturated heterocycles. The fraction of sp³-hybridized carbons (Fsp3) is 0.0667. The Morgan fingerprint density at radius 3 is 2.53 bits per heavy atom. The lowest BCUT2D eigenvalue weighted by atomic mass is 10.1. The number of fused-ring (bicyclic) bond motifs is 1. The van der Waals surface area contributed by atoms with Gasteiger partial charge in [-0.1, -0.05) is 0 Å². The molecule has 3 aromatic rings. The van der Waals surface area contributed by atoms with Crippen molar-refractivity contribution in [3.63, 3.8) is 0 Å². The molecule has 0 radical (unpaired) electrons. The molecule has 0 aliphatic rings. The normalized spacial score (nSPS) is 11.1. The second-order valence-electron chi connectivity index (χ2n) is 4.11. The average Bonchev–Trinajstić information content (AvgIpc) is 2.77. The molecule has 0 amide bonds. The molecule has 1 aromatic heterocycles. The summed E-state index contributed by atoms with van der Waals surface area (Å²) in [6, 6.07) is 12.5. The third kappa shape index (κ3) is 2.39. The summed E-state index contributed by atoms with van der Waals surface area (Å²) in [6.07, 6.45) is 2.02. The average molecular weight is 384 g/mol. The Balaban J connectivity index is 2.25. The van der Waals surface area contributed by atoms with Crippen LogP contribution in [0, 0.1) is 9.39 Å². The topological polar surface area (TPSA) is 13.1 Å². The second kappa shape index (κ2) is 5.17. The molecule has 1 heterocycles. The smallest absolute Gasteiger partial charge is 0.148 e. The molecule has 0 bridgehead atoms. The zero-order valence-corrected chi connectivity index (χ0v) is 13.1. The molecule has 0 N–H and O–H groups in total. The van der Waals surface area contributed by atoms with Crippen molar-refractivity contribution in [1.82, 2.24) is 0 Å². The fourth-order valence-electron chi connectivity index (χ4n) is 2.04. The van der Waals surface area contributed by atoms with E-state index in [0.717, 1.165) is 27.2 Å². The minimum atomic E-state index is -0.236. The highest BCUT2D eigenvalue weighted by atomic mass is 127. The summed E-state index contributed by atoms with van der Waals surface area (Å²) < 4.78 is 20.1. The summed E-state index contributed by atoms with van der Waals surface area (Å²) in [5.74, 6) is 0.574. The van der Waals surface area contributed by atoms with Gasteiger partial charge >= 0.3 is 0 Å². The molecular formula is C15H10FIOS. The summed E-state index contributed by atoms with van der Waals surface area (Å²) in [6.45, 7) is 0. The Hall–Kier alpha value is -1.01. The van der Waals surface area contributed by atoms with Crippen LogP contribution in [0.3, 0.4) is 0 Å². The first-order chi connectivity index (χ1) is 9.19. The number of halogens is 2. The third-order valence-electron chi connectivity index (χ3n) is 2.92. The second-order valence-corrected chi connectivity index (χ2v) is 6.17. The quantitative estimate of drug-likeness (QED) is 0.424. The lowest BCUT2D eigenvalue weighted by Crippen LogP contribution is -1.78. The van der Waals surface area contributed by atoms with Crippen molar-refractivity contribution in [3.05, 3.63) is 51.9 Å². The molecule has 0 aliphatic carbocycles. The number of rotatable bonds is 2. The number of benzene rings is 2. The zero-order valence-electron chi connectivity index (χ0n) is 10.1. The van der Waals surface area contributed by atoms with Gasteiger partial charge in [0.15, 0.2) is 0 Å². The van der Waals surface area contributed by atoms with Gasteiger partial charge in [0.05, 0.1) is 4.90 Å². The highest BCUT2D eigenvalue weighted by Gasteiger charge is 2.15. The van der Waals surface area contributed by atoms with Crippen LogP contribution in [0.1, 0.15) is 0 Å². The molecule has 0 atom stereocenters. The van der Waals surface area contributed by atoms with E-state index in [1.165, 1.54) is 15.7 Å². The van der Waals surface area contributed by atoms with Gasteiger partial charge in [0.25, 0.3) is 0 Å². The highest BCUT2D eigenvalue weighted by Crippen LogP contribution is 2.39. The van der Waals surface area contributed by atoms with Crippen LogP contribution in [0.25, 0.3) is 22.3 Å². The maximum Gasteiger partial charge on any atom is 0.148 e. The first kappa shape index (κ1) is 13.0. The van der Waals surface area contributed by atoms with Gasteiger partial charge in [-0.2, -0.15) is 0 Å². The fourth-order valence-corrected chi connectivity index (χ4v) is 3.26. The summed E-state index contributed by atoms with van der Waals surface area (Å²) >= 11 is 3.94. The van der Waals surface area contributed by atoms with Crippen molar-refractivity contribution >= 4 is 45.3 Å². The van der Waals surface area contributed by atoms with Crippen molar-refractivity contribution in [1.29, 1.82) is 0 Å². The molecular weight excluding hydrogens is 374 g/mol. The maximum atomic E-state index is 13.0. The van der Waals surface area contributed by atoms with Crippen molar-refractivity contribution in [2.24, 2.45) is 0 Å². The van der Waals surface area contributed by atoms with Gasteiger partial charge in [0, 0.05) is 14.5 Å². The van der Waals surface area contributed by atoms with Gasteiger partial charge in [0.1, 0.15) is 17.2 Å². The monoisotopic (exact) mass is 384 g/mol. The first-order valence-corrected chi connectivity index (χ1v) is 8.01. The van der Waals surface area contributed by atoms with Crippen LogP contribution in [0.5, 0.6) is 0 Å². The lowest BCUT2D eigenvalue weighted by molar-refractivity contribution is 0.619. The van der Waals surface area contributed by atoms with Crippen molar-refractivity contribution < 1.29 is 8.81 Å². The first-order valence-electron chi connectivity index (χ1n) is 5.71. The van der Waals surface area contributed by atoms with E-state index in [4.69, 9.17) is 4.42 Å². The van der Waals surface area contributed by atoms with E-state index < -0.39 is 0 Å². The molecule has 0 fully saturated rings. The molecule has 1 nitrogen and oxygen atoms in total. The minimum Gasteiger partial charge on any atom is -0.455 e. The molecule has 4 heteroatoms. The number of hydrogen-bond donors (Lipinski definition) is 0. The van der Waals surface area contributed by atoms with Crippen LogP contribution in [-0.4, -0.2) is 6.26 Å². The number of furan rings is 1. The van der Waals surface area contributed by atoms with Crippen LogP contribution in [0.15, 0.2) is 51.8 Å². The van der Waals surface area contributed by atoms with Gasteiger partial charge in [-0.25, -0.2) is 4.39 Å². The van der Waals surface area contributed by atoms with Crippen LogP contribution in [0.2, 0.25) is 0 Å². The molecule has 96 valence electrons. The third-order valence-corrected chi connectivity index (χ3v) is 4.40. The van der Waals surface area contributed by atoms with Crippen molar-refractivity contribution in [2.75, 3.05) is 6.26 Å². The van der Waals surface area contributed by atoms with E-state index in [-0.39, 0.29) is 5.82 Å². The van der Waals surface area contributed by atoms with E-state index in [9.17, 15) is 4.39 Å². The minimum absolute atomic E-state index is 0.236. The molecule has 0 saturated carbocycles. The summed E-state index contributed by atoms with van der Waals surface area (Å²) in [7, 11) is 0. The Morgan fingerprint density at radius 2 is 1.84 bits per heavy atom. The van der Waals surface area contributed by atoms with Gasteiger partial charge in [-0.15, -0.1) is 11.8 Å². The lowest BCUT2D eigenvalue weighted by Gasteiger charge is -2.00. The highest BCUT2D eigenvalue weighted by molar-refractivity contribution is 14.1. The molecule has 0 unspecified atom stereocenters. The SMILES string of the molecule is CSc1c(-c2ccc(F)cc2)oc2ccc(I)cc12. The predicted molar refractivity (Wildman–Crippen MR) is 86.1 cm³/mol. The Bertz CT molecular complexity index is 734. The zero-order chi connectivity index (χ0) is 13.4. The van der Waals surface area contributed by atoms with Gasteiger partial charge in [0.2, 0.25) is 0 Å². The number of hydrogen-bond acceptors (Lipinski definition) is 2. The van der Waals surface area contributed by atoms with Gasteiger partial charge < -0.3 is 4.42 Å². The molecule has 3 rings (SSSR count). The molecule has 0 spiro atoms. The van der Waals surface area contributed by atoms with Crippen LogP contribution in [0.4, 0.5) is 4.39 Å². The standard InChI is InChI=1S/C15H10FIOS/c1-19-15-12-8-11(17)6-7-13(12)18-14(15)9-2-4-10(16)5-3-9/h2-8H,1H3. The predicted octanol–water partition coefficient (Wildman–Crippen LogP) is 5.57. The summed E-state index contributed by atoms with van der Waals surface area (Å²) in [5.41, 5.74) is 1.76. The summed E-state index contributed by atoms with van der Waals surface area (Å²) in [4.78, 5) is 1.10. The molecule has 2 aromatic carbocycles. The Kier molecular flexibility index (Phi) is 3.54. The number of thioether (sulfide) groups is 1. The van der Waals surface area contributed by atoms with Crippen molar-refractivity contribution in [3.8, 4) is 11.3 Å².